The maximum atomic E-state index is 5.79. The van der Waals surface area contributed by atoms with Crippen LogP contribution in [0.15, 0.2) is 0 Å². The van der Waals surface area contributed by atoms with Gasteiger partial charge < -0.3 is 10.6 Å². The van der Waals surface area contributed by atoms with Gasteiger partial charge in [0.05, 0.1) is 0 Å². The molecule has 1 fully saturated rings. The molecule has 2 N–H and O–H groups in total. The van der Waals surface area contributed by atoms with Crippen LogP contribution >= 0.6 is 0 Å². The third-order valence-electron chi connectivity index (χ3n) is 3.68. The van der Waals surface area contributed by atoms with Gasteiger partial charge in [0, 0.05) is 6.04 Å². The molecule has 0 heterocycles. The average Bonchev–Trinajstić information content (AvgIpc) is 2.19. The van der Waals surface area contributed by atoms with Crippen LogP contribution in [0.1, 0.15) is 39.0 Å². The molecule has 84 valence electrons. The maximum Gasteiger partial charge on any atom is 0.0155 e. The molecule has 1 rings (SSSR count). The number of hydrogen-bond acceptors (Lipinski definition) is 2. The molecule has 0 bridgehead atoms. The molecular formula is C12H26N2. The summed E-state index contributed by atoms with van der Waals surface area (Å²) >= 11 is 0. The van der Waals surface area contributed by atoms with Gasteiger partial charge in [-0.15, -0.1) is 0 Å². The van der Waals surface area contributed by atoms with Gasteiger partial charge in [0.25, 0.3) is 0 Å². The van der Waals surface area contributed by atoms with Gasteiger partial charge in [-0.05, 0) is 45.3 Å². The minimum Gasteiger partial charge on any atom is -0.330 e. The molecule has 2 heteroatoms. The first kappa shape index (κ1) is 12.0. The monoisotopic (exact) mass is 198 g/mol. The van der Waals surface area contributed by atoms with E-state index in [0.717, 1.165) is 12.5 Å². The molecule has 0 spiro atoms. The third kappa shape index (κ3) is 2.96. The van der Waals surface area contributed by atoms with E-state index >= 15 is 0 Å². The van der Waals surface area contributed by atoms with E-state index in [-0.39, 0.29) is 0 Å². The van der Waals surface area contributed by atoms with Gasteiger partial charge in [-0.2, -0.15) is 0 Å². The smallest absolute Gasteiger partial charge is 0.0155 e. The Kier molecular flexibility index (Phi) is 4.90. The van der Waals surface area contributed by atoms with Gasteiger partial charge in [-0.1, -0.05) is 26.2 Å². The van der Waals surface area contributed by atoms with E-state index in [9.17, 15) is 0 Å². The topological polar surface area (TPSA) is 29.3 Å². The Bertz CT molecular complexity index is 150. The zero-order valence-electron chi connectivity index (χ0n) is 10.00. The molecule has 1 aliphatic rings. The molecule has 0 aliphatic heterocycles. The van der Waals surface area contributed by atoms with Crippen LogP contribution in [0.3, 0.4) is 0 Å². The van der Waals surface area contributed by atoms with Crippen molar-refractivity contribution < 1.29 is 0 Å². The summed E-state index contributed by atoms with van der Waals surface area (Å²) in [6.45, 7) is 3.11. The summed E-state index contributed by atoms with van der Waals surface area (Å²) in [4.78, 5) is 2.38. The number of nitrogens with zero attached hydrogens (tertiary/aromatic N) is 1. The Morgan fingerprint density at radius 1 is 1.21 bits per heavy atom. The van der Waals surface area contributed by atoms with Crippen molar-refractivity contribution >= 4 is 0 Å². The lowest BCUT2D eigenvalue weighted by Gasteiger charge is -2.38. The van der Waals surface area contributed by atoms with Crippen molar-refractivity contribution in [1.82, 2.24) is 4.90 Å². The van der Waals surface area contributed by atoms with Crippen LogP contribution in [0.4, 0.5) is 0 Å². The maximum absolute atomic E-state index is 5.79. The van der Waals surface area contributed by atoms with Crippen LogP contribution in [0, 0.1) is 11.8 Å². The zero-order chi connectivity index (χ0) is 10.6. The van der Waals surface area contributed by atoms with Crippen molar-refractivity contribution in [3.05, 3.63) is 0 Å². The number of hydrogen-bond donors (Lipinski definition) is 1. The Morgan fingerprint density at radius 3 is 2.21 bits per heavy atom. The van der Waals surface area contributed by atoms with E-state index in [4.69, 9.17) is 5.73 Å². The summed E-state index contributed by atoms with van der Waals surface area (Å²) in [5, 5.41) is 0. The van der Waals surface area contributed by atoms with Crippen LogP contribution < -0.4 is 5.73 Å². The Labute approximate surface area is 88.8 Å². The highest BCUT2D eigenvalue weighted by atomic mass is 15.1. The molecule has 2 atom stereocenters. The summed E-state index contributed by atoms with van der Waals surface area (Å²) < 4.78 is 0. The van der Waals surface area contributed by atoms with Gasteiger partial charge in [-0.3, -0.25) is 0 Å². The SMILES string of the molecule is CC(CN)C(C1CCCCC1)N(C)C. The van der Waals surface area contributed by atoms with E-state index in [2.05, 4.69) is 25.9 Å². The molecule has 0 amide bonds. The fraction of sp³-hybridized carbons (Fsp3) is 1.00. The van der Waals surface area contributed by atoms with Crippen molar-refractivity contribution in [2.24, 2.45) is 17.6 Å². The third-order valence-corrected chi connectivity index (χ3v) is 3.68. The van der Waals surface area contributed by atoms with E-state index in [0.29, 0.717) is 12.0 Å². The molecule has 0 saturated heterocycles. The molecule has 0 radical (unpaired) electrons. The highest BCUT2D eigenvalue weighted by molar-refractivity contribution is 4.83. The zero-order valence-corrected chi connectivity index (χ0v) is 10.00. The summed E-state index contributed by atoms with van der Waals surface area (Å²) in [6, 6.07) is 0.695. The molecule has 2 unspecified atom stereocenters. The summed E-state index contributed by atoms with van der Waals surface area (Å²) in [6.07, 6.45) is 7.10. The molecule has 0 aromatic rings. The fourth-order valence-corrected chi connectivity index (χ4v) is 3.01. The van der Waals surface area contributed by atoms with E-state index in [1.807, 2.05) is 0 Å². The quantitative estimate of drug-likeness (QED) is 0.749. The molecule has 1 aliphatic carbocycles. The largest absolute Gasteiger partial charge is 0.330 e. The molecular weight excluding hydrogens is 172 g/mol. The van der Waals surface area contributed by atoms with Gasteiger partial charge >= 0.3 is 0 Å². The molecule has 0 aromatic heterocycles. The van der Waals surface area contributed by atoms with Crippen LogP contribution in [0.2, 0.25) is 0 Å². The second-order valence-electron chi connectivity index (χ2n) is 5.07. The summed E-state index contributed by atoms with van der Waals surface area (Å²) in [7, 11) is 4.40. The first-order chi connectivity index (χ1) is 6.66. The van der Waals surface area contributed by atoms with Gasteiger partial charge in [0.15, 0.2) is 0 Å². The summed E-state index contributed by atoms with van der Waals surface area (Å²) in [5.74, 6) is 1.52. The second-order valence-corrected chi connectivity index (χ2v) is 5.07. The first-order valence-electron chi connectivity index (χ1n) is 6.03. The lowest BCUT2D eigenvalue weighted by atomic mass is 9.78. The Hall–Kier alpha value is -0.0800. The highest BCUT2D eigenvalue weighted by Gasteiger charge is 2.28. The normalized spacial score (nSPS) is 23.8. The molecule has 2 nitrogen and oxygen atoms in total. The van der Waals surface area contributed by atoms with Gasteiger partial charge in [0.1, 0.15) is 0 Å². The average molecular weight is 198 g/mol. The Balaban J connectivity index is 2.56. The van der Waals surface area contributed by atoms with Crippen molar-refractivity contribution in [1.29, 1.82) is 0 Å². The molecule has 14 heavy (non-hydrogen) atoms. The van der Waals surface area contributed by atoms with Crippen LogP contribution in [-0.2, 0) is 0 Å². The van der Waals surface area contributed by atoms with Crippen molar-refractivity contribution in [2.45, 2.75) is 45.1 Å². The standard InChI is InChI=1S/C12H26N2/c1-10(9-13)12(14(2)3)11-7-5-4-6-8-11/h10-12H,4-9,13H2,1-3H3. The fourth-order valence-electron chi connectivity index (χ4n) is 3.01. The van der Waals surface area contributed by atoms with Crippen LogP contribution in [-0.4, -0.2) is 31.6 Å². The second kappa shape index (κ2) is 5.72. The first-order valence-corrected chi connectivity index (χ1v) is 6.03. The predicted octanol–water partition coefficient (Wildman–Crippen LogP) is 2.09. The minimum absolute atomic E-state index is 0.632. The van der Waals surface area contributed by atoms with E-state index in [1.165, 1.54) is 32.1 Å². The van der Waals surface area contributed by atoms with Crippen molar-refractivity contribution in [3.8, 4) is 0 Å². The lowest BCUT2D eigenvalue weighted by Crippen LogP contribution is -2.43. The van der Waals surface area contributed by atoms with Gasteiger partial charge in [-0.25, -0.2) is 0 Å². The number of rotatable bonds is 4. The van der Waals surface area contributed by atoms with E-state index < -0.39 is 0 Å². The number of nitrogens with two attached hydrogens (primary N) is 1. The van der Waals surface area contributed by atoms with Gasteiger partial charge in [0.2, 0.25) is 0 Å². The predicted molar refractivity (Wildman–Crippen MR) is 62.3 cm³/mol. The van der Waals surface area contributed by atoms with E-state index in [1.54, 1.807) is 0 Å². The Morgan fingerprint density at radius 2 is 1.79 bits per heavy atom. The van der Waals surface area contributed by atoms with Crippen molar-refractivity contribution in [2.75, 3.05) is 20.6 Å². The van der Waals surface area contributed by atoms with Crippen LogP contribution in [0.25, 0.3) is 0 Å². The molecule has 0 aromatic carbocycles. The lowest BCUT2D eigenvalue weighted by molar-refractivity contribution is 0.123. The van der Waals surface area contributed by atoms with Crippen LogP contribution in [0.5, 0.6) is 0 Å². The van der Waals surface area contributed by atoms with Crippen molar-refractivity contribution in [3.63, 3.8) is 0 Å². The molecule has 1 saturated carbocycles. The highest BCUT2D eigenvalue weighted by Crippen LogP contribution is 2.31. The minimum atomic E-state index is 0.632. The summed E-state index contributed by atoms with van der Waals surface area (Å²) in [5.41, 5.74) is 5.79.